The maximum atomic E-state index is 14.9. The van der Waals surface area contributed by atoms with Crippen LogP contribution in [0.1, 0.15) is 61.8 Å². The van der Waals surface area contributed by atoms with Crippen LogP contribution in [0.15, 0.2) is 42.5 Å². The smallest absolute Gasteiger partial charge is 0.343 e. The molecule has 8 heteroatoms. The van der Waals surface area contributed by atoms with Crippen molar-refractivity contribution in [2.75, 3.05) is 26.2 Å². The zero-order valence-electron chi connectivity index (χ0n) is 22.0. The van der Waals surface area contributed by atoms with Gasteiger partial charge in [0.2, 0.25) is 11.6 Å². The molecule has 3 aliphatic rings. The highest BCUT2D eigenvalue weighted by Gasteiger charge is 2.55. The number of hydrogen-bond donors (Lipinski definition) is 0. The molecule has 0 radical (unpaired) electrons. The highest BCUT2D eigenvalue weighted by Crippen LogP contribution is 2.51. The Morgan fingerprint density at radius 3 is 2.32 bits per heavy atom. The summed E-state index contributed by atoms with van der Waals surface area (Å²) >= 11 is 0. The first-order valence-electron chi connectivity index (χ1n) is 13.5. The number of carbonyl (C=O) groups excluding carboxylic acids is 1. The van der Waals surface area contributed by atoms with E-state index in [2.05, 4.69) is 4.90 Å². The van der Waals surface area contributed by atoms with Gasteiger partial charge in [0.15, 0.2) is 0 Å². The summed E-state index contributed by atoms with van der Waals surface area (Å²) in [4.78, 5) is 16.2. The lowest BCUT2D eigenvalue weighted by atomic mass is 9.63. The monoisotopic (exact) mass is 534 g/mol. The third-order valence-electron chi connectivity index (χ3n) is 9.31. The van der Waals surface area contributed by atoms with Gasteiger partial charge in [-0.2, -0.15) is 13.2 Å². The first kappa shape index (κ1) is 27.1. The summed E-state index contributed by atoms with van der Waals surface area (Å²) in [5, 5.41) is 0. The van der Waals surface area contributed by atoms with Gasteiger partial charge < -0.3 is 4.90 Å². The number of benzene rings is 2. The van der Waals surface area contributed by atoms with Gasteiger partial charge in [0.25, 0.3) is 0 Å². The third kappa shape index (κ3) is 4.85. The molecule has 3 nitrogen and oxygen atoms in total. The second kappa shape index (κ2) is 9.92. The molecule has 206 valence electrons. The fraction of sp³-hybridized carbons (Fsp3) is 0.567. The van der Waals surface area contributed by atoms with E-state index in [1.54, 1.807) is 25.1 Å². The highest BCUT2D eigenvalue weighted by atomic mass is 19.4. The van der Waals surface area contributed by atoms with E-state index >= 15 is 0 Å². The summed E-state index contributed by atoms with van der Waals surface area (Å²) in [5.41, 5.74) is -1.35. The second-order valence-electron chi connectivity index (χ2n) is 11.6. The standard InChI is InChI=1S/C30H35F5N2O/c1-20(38)36-14-11-22(12-15-36)19-37-16-13-29(18-21-3-7-25(31)8-4-21)26-9-6-24(28(2,32)30(33,34)35)17-23(26)5-10-27(29)37/h3-4,6-9,17,22,27H,5,10-16,18-19H2,1-2H3/t27-,28?,29-/m1/s1. The summed E-state index contributed by atoms with van der Waals surface area (Å²) < 4.78 is 68.9. The Balaban J connectivity index is 1.46. The van der Waals surface area contributed by atoms with Crippen molar-refractivity contribution in [2.45, 2.75) is 75.7 Å². The highest BCUT2D eigenvalue weighted by molar-refractivity contribution is 5.73. The van der Waals surface area contributed by atoms with Crippen LogP contribution in [-0.2, 0) is 28.7 Å². The Hall–Kier alpha value is -2.48. The first-order valence-corrected chi connectivity index (χ1v) is 13.5. The molecule has 2 saturated heterocycles. The molecule has 2 aromatic rings. The maximum absolute atomic E-state index is 14.9. The first-order chi connectivity index (χ1) is 17.9. The van der Waals surface area contributed by atoms with Crippen molar-refractivity contribution in [3.63, 3.8) is 0 Å². The Morgan fingerprint density at radius 2 is 1.68 bits per heavy atom. The summed E-state index contributed by atoms with van der Waals surface area (Å²) in [6.07, 6.45) is -0.229. The van der Waals surface area contributed by atoms with E-state index in [4.69, 9.17) is 0 Å². The predicted molar refractivity (Wildman–Crippen MR) is 136 cm³/mol. The number of fused-ring (bicyclic) bond motifs is 3. The number of rotatable bonds is 5. The van der Waals surface area contributed by atoms with E-state index in [9.17, 15) is 26.7 Å². The van der Waals surface area contributed by atoms with Crippen molar-refractivity contribution in [1.82, 2.24) is 9.80 Å². The van der Waals surface area contributed by atoms with Crippen LogP contribution >= 0.6 is 0 Å². The van der Waals surface area contributed by atoms with E-state index in [1.165, 1.54) is 24.3 Å². The van der Waals surface area contributed by atoms with Gasteiger partial charge >= 0.3 is 6.18 Å². The van der Waals surface area contributed by atoms with Crippen LogP contribution in [0.2, 0.25) is 0 Å². The maximum Gasteiger partial charge on any atom is 0.426 e. The molecule has 0 spiro atoms. The van der Waals surface area contributed by atoms with Crippen LogP contribution < -0.4 is 0 Å². The van der Waals surface area contributed by atoms with E-state index in [1.807, 2.05) is 4.90 Å². The Kier molecular flexibility index (Phi) is 7.08. The lowest BCUT2D eigenvalue weighted by Gasteiger charge is -2.45. The van der Waals surface area contributed by atoms with E-state index in [-0.39, 0.29) is 28.7 Å². The predicted octanol–water partition coefficient (Wildman–Crippen LogP) is 6.33. The van der Waals surface area contributed by atoms with Gasteiger partial charge in [-0.25, -0.2) is 8.78 Å². The van der Waals surface area contributed by atoms with Gasteiger partial charge in [0.1, 0.15) is 5.82 Å². The van der Waals surface area contributed by atoms with Crippen molar-refractivity contribution < 1.29 is 26.7 Å². The molecule has 38 heavy (non-hydrogen) atoms. The molecule has 2 aliphatic heterocycles. The van der Waals surface area contributed by atoms with Crippen LogP contribution in [0.3, 0.4) is 0 Å². The van der Waals surface area contributed by atoms with E-state index in [0.29, 0.717) is 25.7 Å². The summed E-state index contributed by atoms with van der Waals surface area (Å²) in [5.74, 6) is 0.284. The minimum atomic E-state index is -4.99. The second-order valence-corrected chi connectivity index (χ2v) is 11.6. The Labute approximate surface area is 221 Å². The van der Waals surface area contributed by atoms with Crippen LogP contribution in [-0.4, -0.2) is 54.1 Å². The molecule has 2 fully saturated rings. The van der Waals surface area contributed by atoms with Gasteiger partial charge in [-0.15, -0.1) is 0 Å². The molecule has 0 bridgehead atoms. The number of amides is 1. The van der Waals surface area contributed by atoms with Gasteiger partial charge in [-0.05, 0) is 92.3 Å². The number of aryl methyl sites for hydroxylation is 1. The van der Waals surface area contributed by atoms with Gasteiger partial charge in [0, 0.05) is 38.0 Å². The lowest BCUT2D eigenvalue weighted by molar-refractivity contribution is -0.228. The molecule has 1 aliphatic carbocycles. The number of likely N-dealkylation sites (tertiary alicyclic amines) is 2. The van der Waals surface area contributed by atoms with Crippen molar-refractivity contribution in [3.8, 4) is 0 Å². The summed E-state index contributed by atoms with van der Waals surface area (Å²) in [6, 6.07) is 11.1. The minimum absolute atomic E-state index is 0.112. The average molecular weight is 535 g/mol. The quantitative estimate of drug-likeness (QED) is 0.419. The normalized spacial score (nSPS) is 26.1. The van der Waals surface area contributed by atoms with Crippen LogP contribution in [0.4, 0.5) is 22.0 Å². The fourth-order valence-corrected chi connectivity index (χ4v) is 7.07. The topological polar surface area (TPSA) is 23.6 Å². The zero-order chi connectivity index (χ0) is 27.3. The summed E-state index contributed by atoms with van der Waals surface area (Å²) in [7, 11) is 0. The summed E-state index contributed by atoms with van der Waals surface area (Å²) in [6.45, 7) is 5.52. The van der Waals surface area contributed by atoms with Crippen LogP contribution in [0.25, 0.3) is 0 Å². The van der Waals surface area contributed by atoms with Gasteiger partial charge in [-0.1, -0.05) is 30.3 Å². The van der Waals surface area contributed by atoms with Crippen molar-refractivity contribution in [3.05, 3.63) is 70.5 Å². The molecule has 0 N–H and O–H groups in total. The molecule has 2 aromatic carbocycles. The molecule has 1 amide bonds. The molecule has 5 rings (SSSR count). The number of hydrogen-bond acceptors (Lipinski definition) is 2. The van der Waals surface area contributed by atoms with E-state index < -0.39 is 11.8 Å². The molecule has 0 aromatic heterocycles. The van der Waals surface area contributed by atoms with E-state index in [0.717, 1.165) is 68.6 Å². The Bertz CT molecular complexity index is 1170. The largest absolute Gasteiger partial charge is 0.426 e. The SMILES string of the molecule is CC(=O)N1CCC(CN2CC[C@@]3(Cc4ccc(F)cc4)c4ccc(C(C)(F)C(F)(F)F)cc4CC[C@@H]23)CC1. The molecule has 3 atom stereocenters. The number of halogens is 5. The lowest BCUT2D eigenvalue weighted by Crippen LogP contribution is -2.49. The van der Waals surface area contributed by atoms with Crippen molar-refractivity contribution >= 4 is 5.91 Å². The van der Waals surface area contributed by atoms with Gasteiger partial charge in [0.05, 0.1) is 0 Å². The fourth-order valence-electron chi connectivity index (χ4n) is 7.07. The van der Waals surface area contributed by atoms with Crippen LogP contribution in [0, 0.1) is 11.7 Å². The molecule has 2 heterocycles. The number of nitrogens with zero attached hydrogens (tertiary/aromatic N) is 2. The third-order valence-corrected chi connectivity index (χ3v) is 9.31. The van der Waals surface area contributed by atoms with Gasteiger partial charge in [-0.3, -0.25) is 9.69 Å². The van der Waals surface area contributed by atoms with Crippen molar-refractivity contribution in [2.24, 2.45) is 5.92 Å². The molecule has 0 saturated carbocycles. The number of alkyl halides is 4. The minimum Gasteiger partial charge on any atom is -0.343 e. The number of carbonyl (C=O) groups is 1. The molecule has 1 unspecified atom stereocenters. The average Bonchev–Trinajstić information content (AvgIpc) is 3.22. The molecular formula is C30H35F5N2O. The number of piperidine rings is 1. The van der Waals surface area contributed by atoms with Crippen molar-refractivity contribution in [1.29, 1.82) is 0 Å². The Morgan fingerprint density at radius 1 is 1.00 bits per heavy atom. The zero-order valence-corrected chi connectivity index (χ0v) is 22.0. The van der Waals surface area contributed by atoms with Crippen LogP contribution in [0.5, 0.6) is 0 Å². The molecular weight excluding hydrogens is 499 g/mol.